The van der Waals surface area contributed by atoms with Crippen LogP contribution in [0.25, 0.3) is 10.9 Å². The molecule has 2 heteroatoms. The molecule has 110 valence electrons. The third kappa shape index (κ3) is 3.86. The first-order valence-electron chi connectivity index (χ1n) is 8.14. The highest BCUT2D eigenvalue weighted by Gasteiger charge is 2.04. The number of aryl methyl sites for hydroxylation is 1. The molecule has 0 bridgehead atoms. The van der Waals surface area contributed by atoms with Gasteiger partial charge in [0.15, 0.2) is 0 Å². The second kappa shape index (κ2) is 8.11. The van der Waals surface area contributed by atoms with Crippen LogP contribution >= 0.6 is 0 Å². The Labute approximate surface area is 123 Å². The van der Waals surface area contributed by atoms with Crippen LogP contribution in [0.4, 0.5) is 0 Å². The molecule has 0 saturated carbocycles. The minimum atomic E-state index is 1.06. The molecule has 0 saturated heterocycles. The fraction of sp³-hybridized carbons (Fsp3) is 0.556. The third-order valence-electron chi connectivity index (χ3n) is 3.99. The van der Waals surface area contributed by atoms with Gasteiger partial charge in [-0.15, -0.1) is 0 Å². The Hall–Kier alpha value is -1.28. The van der Waals surface area contributed by atoms with Crippen molar-refractivity contribution in [2.45, 2.75) is 52.5 Å². The van der Waals surface area contributed by atoms with E-state index in [-0.39, 0.29) is 0 Å². The topological polar surface area (TPSA) is 17.0 Å². The molecule has 0 spiro atoms. The number of unbranched alkanes of at least 4 members (excludes halogenated alkanes) is 3. The minimum Gasteiger partial charge on any atom is -0.346 e. The number of nitrogens with zero attached hydrogens (tertiary/aromatic N) is 1. The van der Waals surface area contributed by atoms with Gasteiger partial charge < -0.3 is 9.88 Å². The van der Waals surface area contributed by atoms with E-state index in [0.717, 1.165) is 26.1 Å². The van der Waals surface area contributed by atoms with Crippen LogP contribution < -0.4 is 5.32 Å². The van der Waals surface area contributed by atoms with E-state index in [1.165, 1.54) is 42.1 Å². The van der Waals surface area contributed by atoms with Gasteiger partial charge in [0.2, 0.25) is 0 Å². The van der Waals surface area contributed by atoms with Crippen molar-refractivity contribution in [2.24, 2.45) is 0 Å². The number of aromatic nitrogens is 1. The Bertz CT molecular complexity index is 513. The number of hydrogen-bond acceptors (Lipinski definition) is 1. The Morgan fingerprint density at radius 1 is 1.00 bits per heavy atom. The molecule has 20 heavy (non-hydrogen) atoms. The highest BCUT2D eigenvalue weighted by Crippen LogP contribution is 2.20. The molecule has 2 nitrogen and oxygen atoms in total. The molecule has 0 fully saturated rings. The fourth-order valence-electron chi connectivity index (χ4n) is 2.81. The van der Waals surface area contributed by atoms with Gasteiger partial charge in [0.05, 0.1) is 5.52 Å². The summed E-state index contributed by atoms with van der Waals surface area (Å²) in [4.78, 5) is 0. The molecule has 1 aromatic carbocycles. The molecule has 0 atom stereocenters. The van der Waals surface area contributed by atoms with E-state index in [1.54, 1.807) is 0 Å². The normalized spacial score (nSPS) is 11.3. The number of para-hydroxylation sites is 1. The summed E-state index contributed by atoms with van der Waals surface area (Å²) in [6.45, 7) is 7.77. The van der Waals surface area contributed by atoms with E-state index in [1.807, 2.05) is 0 Å². The van der Waals surface area contributed by atoms with Gasteiger partial charge in [-0.3, -0.25) is 0 Å². The summed E-state index contributed by atoms with van der Waals surface area (Å²) >= 11 is 0. The van der Waals surface area contributed by atoms with Gasteiger partial charge in [-0.25, -0.2) is 0 Å². The zero-order valence-corrected chi connectivity index (χ0v) is 13.0. The molecule has 2 rings (SSSR count). The largest absolute Gasteiger partial charge is 0.346 e. The van der Waals surface area contributed by atoms with E-state index in [9.17, 15) is 0 Å². The zero-order chi connectivity index (χ0) is 14.2. The van der Waals surface area contributed by atoms with Crippen LogP contribution in [-0.2, 0) is 13.0 Å². The van der Waals surface area contributed by atoms with Gasteiger partial charge in [-0.05, 0) is 36.4 Å². The van der Waals surface area contributed by atoms with Gasteiger partial charge >= 0.3 is 0 Å². The number of benzene rings is 1. The first-order chi connectivity index (χ1) is 9.86. The SMILES string of the molecule is CCCCCCNCCn1ccc2cccc(CC)c21. The Kier molecular flexibility index (Phi) is 6.13. The van der Waals surface area contributed by atoms with E-state index in [0.29, 0.717) is 0 Å². The summed E-state index contributed by atoms with van der Waals surface area (Å²) in [6.07, 6.45) is 8.67. The number of nitrogens with one attached hydrogen (secondary N) is 1. The molecule has 0 aliphatic rings. The average molecular weight is 272 g/mol. The van der Waals surface area contributed by atoms with Crippen molar-refractivity contribution >= 4 is 10.9 Å². The van der Waals surface area contributed by atoms with Crippen molar-refractivity contribution in [3.05, 3.63) is 36.0 Å². The van der Waals surface area contributed by atoms with Crippen LogP contribution in [0.15, 0.2) is 30.5 Å². The van der Waals surface area contributed by atoms with Gasteiger partial charge in [0.1, 0.15) is 0 Å². The maximum absolute atomic E-state index is 3.56. The Balaban J connectivity index is 1.84. The summed E-state index contributed by atoms with van der Waals surface area (Å²) < 4.78 is 2.40. The second-order valence-corrected chi connectivity index (χ2v) is 5.53. The lowest BCUT2D eigenvalue weighted by Gasteiger charge is -2.10. The van der Waals surface area contributed by atoms with Crippen molar-refractivity contribution in [1.29, 1.82) is 0 Å². The van der Waals surface area contributed by atoms with E-state index < -0.39 is 0 Å². The Morgan fingerprint density at radius 3 is 2.70 bits per heavy atom. The number of rotatable bonds is 9. The average Bonchev–Trinajstić information content (AvgIpc) is 2.89. The van der Waals surface area contributed by atoms with Crippen LogP contribution in [-0.4, -0.2) is 17.7 Å². The van der Waals surface area contributed by atoms with Gasteiger partial charge in [-0.1, -0.05) is 51.3 Å². The van der Waals surface area contributed by atoms with Gasteiger partial charge in [0, 0.05) is 19.3 Å². The molecule has 0 aliphatic heterocycles. The predicted octanol–water partition coefficient (Wildman–Crippen LogP) is 4.37. The maximum atomic E-state index is 3.56. The number of fused-ring (bicyclic) bond motifs is 1. The highest BCUT2D eigenvalue weighted by molar-refractivity contribution is 5.83. The molecule has 0 radical (unpaired) electrons. The monoisotopic (exact) mass is 272 g/mol. The van der Waals surface area contributed by atoms with Crippen LogP contribution in [0, 0.1) is 0 Å². The summed E-state index contributed by atoms with van der Waals surface area (Å²) in [5.41, 5.74) is 2.87. The van der Waals surface area contributed by atoms with E-state index in [2.05, 4.69) is 54.2 Å². The molecule has 0 aliphatic carbocycles. The van der Waals surface area contributed by atoms with Crippen LogP contribution in [0.1, 0.15) is 45.1 Å². The van der Waals surface area contributed by atoms with E-state index in [4.69, 9.17) is 0 Å². The summed E-state index contributed by atoms with van der Waals surface area (Å²) in [7, 11) is 0. The zero-order valence-electron chi connectivity index (χ0n) is 13.0. The van der Waals surface area contributed by atoms with Gasteiger partial charge in [-0.2, -0.15) is 0 Å². The Morgan fingerprint density at radius 2 is 1.90 bits per heavy atom. The maximum Gasteiger partial charge on any atom is 0.0513 e. The summed E-state index contributed by atoms with van der Waals surface area (Å²) in [5.74, 6) is 0. The quantitative estimate of drug-likeness (QED) is 0.671. The molecule has 0 amide bonds. The molecule has 2 aromatic rings. The van der Waals surface area contributed by atoms with Crippen molar-refractivity contribution in [2.75, 3.05) is 13.1 Å². The molecular weight excluding hydrogens is 244 g/mol. The van der Waals surface area contributed by atoms with Gasteiger partial charge in [0.25, 0.3) is 0 Å². The lowest BCUT2D eigenvalue weighted by molar-refractivity contribution is 0.567. The summed E-state index contributed by atoms with van der Waals surface area (Å²) in [5, 5.41) is 4.93. The van der Waals surface area contributed by atoms with E-state index >= 15 is 0 Å². The van der Waals surface area contributed by atoms with Crippen LogP contribution in [0.3, 0.4) is 0 Å². The van der Waals surface area contributed by atoms with Crippen LogP contribution in [0.5, 0.6) is 0 Å². The van der Waals surface area contributed by atoms with Crippen molar-refractivity contribution < 1.29 is 0 Å². The highest BCUT2D eigenvalue weighted by atomic mass is 15.0. The lowest BCUT2D eigenvalue weighted by Crippen LogP contribution is -2.20. The molecule has 1 N–H and O–H groups in total. The van der Waals surface area contributed by atoms with Crippen molar-refractivity contribution in [3.8, 4) is 0 Å². The van der Waals surface area contributed by atoms with Crippen molar-refractivity contribution in [1.82, 2.24) is 9.88 Å². The smallest absolute Gasteiger partial charge is 0.0513 e. The lowest BCUT2D eigenvalue weighted by atomic mass is 10.1. The molecular formula is C18H28N2. The summed E-state index contributed by atoms with van der Waals surface area (Å²) in [6, 6.07) is 8.85. The second-order valence-electron chi connectivity index (χ2n) is 5.53. The standard InChI is InChI=1S/C18H28N2/c1-3-5-6-7-12-19-13-15-20-14-11-17-10-8-9-16(4-2)18(17)20/h8-11,14,19H,3-7,12-13,15H2,1-2H3. The first-order valence-corrected chi connectivity index (χ1v) is 8.14. The predicted molar refractivity (Wildman–Crippen MR) is 88.3 cm³/mol. The van der Waals surface area contributed by atoms with Crippen LogP contribution in [0.2, 0.25) is 0 Å². The first kappa shape index (κ1) is 15.1. The molecule has 1 heterocycles. The number of hydrogen-bond donors (Lipinski definition) is 1. The molecule has 1 aromatic heterocycles. The third-order valence-corrected chi connectivity index (χ3v) is 3.99. The van der Waals surface area contributed by atoms with Crippen molar-refractivity contribution in [3.63, 3.8) is 0 Å². The fourth-order valence-corrected chi connectivity index (χ4v) is 2.81. The minimum absolute atomic E-state index is 1.06. The molecule has 0 unspecified atom stereocenters.